The van der Waals surface area contributed by atoms with Crippen LogP contribution in [0.4, 0.5) is 0 Å². The average molecular weight is 413 g/mol. The molecular formula is C31H40. The summed E-state index contributed by atoms with van der Waals surface area (Å²) in [5, 5.41) is 0. The van der Waals surface area contributed by atoms with Gasteiger partial charge in [0, 0.05) is 5.41 Å². The van der Waals surface area contributed by atoms with Crippen LogP contribution in [0.2, 0.25) is 0 Å². The lowest BCUT2D eigenvalue weighted by Crippen LogP contribution is -2.45. The minimum atomic E-state index is 0.183. The van der Waals surface area contributed by atoms with Gasteiger partial charge in [0.05, 0.1) is 0 Å². The molecule has 0 aromatic heterocycles. The standard InChI is InChI=1S/C31H40/c1-2-3-14-24-23-30(29-22-13-12-21-28(24)29)31(27-19-10-11-20-27,25-15-6-4-7-16-25)26-17-8-5-9-18-26/h2,4-9,15-18,24,27-30H,1,3,10-14,19-23H2. The van der Waals surface area contributed by atoms with Crippen molar-refractivity contribution in [3.63, 3.8) is 0 Å². The molecule has 0 spiro atoms. The van der Waals surface area contributed by atoms with E-state index in [1.54, 1.807) is 11.1 Å². The van der Waals surface area contributed by atoms with E-state index in [-0.39, 0.29) is 5.41 Å². The van der Waals surface area contributed by atoms with Gasteiger partial charge in [0.2, 0.25) is 0 Å². The number of allylic oxidation sites excluding steroid dienone is 1. The van der Waals surface area contributed by atoms with E-state index in [2.05, 4.69) is 73.3 Å². The van der Waals surface area contributed by atoms with Crippen LogP contribution in [0.25, 0.3) is 0 Å². The largest absolute Gasteiger partial charge is 0.103 e. The second-order valence-corrected chi connectivity index (χ2v) is 10.7. The molecule has 0 aliphatic heterocycles. The summed E-state index contributed by atoms with van der Waals surface area (Å²) in [6, 6.07) is 23.5. The van der Waals surface area contributed by atoms with Crippen molar-refractivity contribution in [1.82, 2.24) is 0 Å². The highest BCUT2D eigenvalue weighted by atomic mass is 14.6. The second-order valence-electron chi connectivity index (χ2n) is 10.7. The quantitative estimate of drug-likeness (QED) is 0.399. The molecule has 3 aliphatic carbocycles. The molecule has 0 amide bonds. The van der Waals surface area contributed by atoms with Crippen LogP contribution in [-0.4, -0.2) is 0 Å². The molecule has 3 fully saturated rings. The van der Waals surface area contributed by atoms with Crippen molar-refractivity contribution in [3.8, 4) is 0 Å². The summed E-state index contributed by atoms with van der Waals surface area (Å²) in [6.07, 6.45) is 17.5. The molecule has 164 valence electrons. The molecule has 3 aliphatic rings. The van der Waals surface area contributed by atoms with Gasteiger partial charge in [-0.3, -0.25) is 0 Å². The highest BCUT2D eigenvalue weighted by Crippen LogP contribution is 2.62. The summed E-state index contributed by atoms with van der Waals surface area (Å²) in [5.41, 5.74) is 3.39. The average Bonchev–Trinajstić information content (AvgIpc) is 3.50. The predicted molar refractivity (Wildman–Crippen MR) is 132 cm³/mol. The summed E-state index contributed by atoms with van der Waals surface area (Å²) in [4.78, 5) is 0. The van der Waals surface area contributed by atoms with Crippen molar-refractivity contribution >= 4 is 0 Å². The zero-order chi connectivity index (χ0) is 21.1. The maximum atomic E-state index is 4.05. The third-order valence-corrected chi connectivity index (χ3v) is 9.38. The first-order valence-electron chi connectivity index (χ1n) is 13.1. The Balaban J connectivity index is 1.67. The summed E-state index contributed by atoms with van der Waals surface area (Å²) in [7, 11) is 0. The van der Waals surface area contributed by atoms with E-state index in [1.165, 1.54) is 70.6 Å². The third kappa shape index (κ3) is 3.71. The molecular weight excluding hydrogens is 372 g/mol. The van der Waals surface area contributed by atoms with E-state index in [1.807, 2.05) is 0 Å². The Morgan fingerprint density at radius 1 is 0.742 bits per heavy atom. The van der Waals surface area contributed by atoms with E-state index in [4.69, 9.17) is 0 Å². The minimum Gasteiger partial charge on any atom is -0.103 e. The van der Waals surface area contributed by atoms with Crippen molar-refractivity contribution in [2.45, 2.75) is 76.0 Å². The van der Waals surface area contributed by atoms with Gasteiger partial charge in [-0.05, 0) is 85.7 Å². The van der Waals surface area contributed by atoms with Gasteiger partial charge in [0.25, 0.3) is 0 Å². The van der Waals surface area contributed by atoms with Crippen LogP contribution in [-0.2, 0) is 5.41 Å². The molecule has 4 unspecified atom stereocenters. The van der Waals surface area contributed by atoms with Crippen LogP contribution in [0.15, 0.2) is 73.3 Å². The molecule has 0 radical (unpaired) electrons. The van der Waals surface area contributed by atoms with E-state index in [0.29, 0.717) is 0 Å². The Kier molecular flexibility index (Phi) is 6.35. The lowest BCUT2D eigenvalue weighted by atomic mass is 9.54. The van der Waals surface area contributed by atoms with Crippen LogP contribution >= 0.6 is 0 Å². The first-order valence-corrected chi connectivity index (χ1v) is 13.1. The van der Waals surface area contributed by atoms with Gasteiger partial charge in [0.15, 0.2) is 0 Å². The molecule has 0 N–H and O–H groups in total. The maximum Gasteiger partial charge on any atom is 0.0262 e. The Bertz CT molecular complexity index is 789. The molecule has 0 nitrogen and oxygen atoms in total. The predicted octanol–water partition coefficient (Wildman–Crippen LogP) is 8.57. The Morgan fingerprint density at radius 2 is 1.29 bits per heavy atom. The first kappa shape index (κ1) is 21.0. The molecule has 2 aromatic rings. The fourth-order valence-corrected chi connectivity index (χ4v) is 8.31. The normalized spacial score (nSPS) is 29.0. The topological polar surface area (TPSA) is 0 Å². The van der Waals surface area contributed by atoms with E-state index < -0.39 is 0 Å². The number of hydrogen-bond acceptors (Lipinski definition) is 0. The van der Waals surface area contributed by atoms with E-state index >= 15 is 0 Å². The first-order chi connectivity index (χ1) is 15.4. The highest BCUT2D eigenvalue weighted by molar-refractivity contribution is 5.43. The number of fused-ring (bicyclic) bond motifs is 1. The maximum absolute atomic E-state index is 4.05. The lowest BCUT2D eigenvalue weighted by Gasteiger charge is -2.49. The van der Waals surface area contributed by atoms with Crippen molar-refractivity contribution in [1.29, 1.82) is 0 Å². The summed E-state index contributed by atoms with van der Waals surface area (Å²) in [5.74, 6) is 4.28. The van der Waals surface area contributed by atoms with Gasteiger partial charge in [-0.15, -0.1) is 6.58 Å². The van der Waals surface area contributed by atoms with Gasteiger partial charge < -0.3 is 0 Å². The van der Waals surface area contributed by atoms with E-state index in [9.17, 15) is 0 Å². The van der Waals surface area contributed by atoms with E-state index in [0.717, 1.165) is 29.6 Å². The van der Waals surface area contributed by atoms with Crippen molar-refractivity contribution in [2.75, 3.05) is 0 Å². The Labute approximate surface area is 190 Å². The van der Waals surface area contributed by atoms with Crippen LogP contribution in [0.1, 0.15) is 81.8 Å². The van der Waals surface area contributed by atoms with Crippen molar-refractivity contribution < 1.29 is 0 Å². The molecule has 0 saturated heterocycles. The fourth-order valence-electron chi connectivity index (χ4n) is 8.31. The zero-order valence-corrected chi connectivity index (χ0v) is 19.2. The van der Waals surface area contributed by atoms with Crippen molar-refractivity contribution in [2.24, 2.45) is 29.6 Å². The minimum absolute atomic E-state index is 0.183. The SMILES string of the molecule is C=CCCC1CC(C(c2ccccc2)(c2ccccc2)C2CCCC2)C2CCCCC12. The van der Waals surface area contributed by atoms with Crippen LogP contribution in [0.3, 0.4) is 0 Å². The Hall–Kier alpha value is -1.82. The van der Waals surface area contributed by atoms with Gasteiger partial charge in [-0.1, -0.05) is 92.4 Å². The van der Waals surface area contributed by atoms with Crippen LogP contribution < -0.4 is 0 Å². The number of hydrogen-bond donors (Lipinski definition) is 0. The molecule has 3 saturated carbocycles. The Morgan fingerprint density at radius 3 is 1.87 bits per heavy atom. The fraction of sp³-hybridized carbons (Fsp3) is 0.548. The monoisotopic (exact) mass is 412 g/mol. The second kappa shape index (κ2) is 9.35. The highest BCUT2D eigenvalue weighted by Gasteiger charge is 2.56. The van der Waals surface area contributed by atoms with Gasteiger partial charge in [0.1, 0.15) is 0 Å². The van der Waals surface area contributed by atoms with Crippen LogP contribution in [0, 0.1) is 29.6 Å². The number of benzene rings is 2. The van der Waals surface area contributed by atoms with Gasteiger partial charge >= 0.3 is 0 Å². The summed E-state index contributed by atoms with van der Waals surface area (Å²) in [6.45, 7) is 4.05. The van der Waals surface area contributed by atoms with Crippen LogP contribution in [0.5, 0.6) is 0 Å². The molecule has 0 heteroatoms. The lowest BCUT2D eigenvalue weighted by molar-refractivity contribution is 0.126. The van der Waals surface area contributed by atoms with Gasteiger partial charge in [-0.25, -0.2) is 0 Å². The molecule has 4 atom stereocenters. The molecule has 2 aromatic carbocycles. The smallest absolute Gasteiger partial charge is 0.0262 e. The molecule has 0 heterocycles. The van der Waals surface area contributed by atoms with Gasteiger partial charge in [-0.2, -0.15) is 0 Å². The third-order valence-electron chi connectivity index (χ3n) is 9.38. The number of rotatable bonds is 7. The van der Waals surface area contributed by atoms with Crippen molar-refractivity contribution in [3.05, 3.63) is 84.4 Å². The zero-order valence-electron chi connectivity index (χ0n) is 19.2. The summed E-state index contributed by atoms with van der Waals surface area (Å²) >= 11 is 0. The molecule has 31 heavy (non-hydrogen) atoms. The molecule has 5 rings (SSSR count). The molecule has 0 bridgehead atoms. The summed E-state index contributed by atoms with van der Waals surface area (Å²) < 4.78 is 0.